The number of hydrogen-bond donors (Lipinski definition) is 1. The van der Waals surface area contributed by atoms with Gasteiger partial charge in [0.2, 0.25) is 0 Å². The average molecular weight is 233 g/mol. The average Bonchev–Trinajstić information content (AvgIpc) is 2.68. The van der Waals surface area contributed by atoms with Crippen LogP contribution in [0.1, 0.15) is 5.69 Å². The van der Waals surface area contributed by atoms with Crippen LogP contribution in [-0.4, -0.2) is 23.1 Å². The summed E-state index contributed by atoms with van der Waals surface area (Å²) < 4.78 is 15.2. The fourth-order valence-electron chi connectivity index (χ4n) is 1.91. The fraction of sp³-hybridized carbons (Fsp3) is 0.308. The minimum absolute atomic E-state index is 0.219. The zero-order valence-corrected chi connectivity index (χ0v) is 10.1. The van der Waals surface area contributed by atoms with Gasteiger partial charge in [-0.25, -0.2) is 9.37 Å². The number of imidazole rings is 1. The summed E-state index contributed by atoms with van der Waals surface area (Å²) in [6.45, 7) is 0.860. The Morgan fingerprint density at radius 3 is 2.94 bits per heavy atom. The van der Waals surface area contributed by atoms with Gasteiger partial charge in [-0.2, -0.15) is 0 Å². The van der Waals surface area contributed by atoms with Crippen molar-refractivity contribution < 1.29 is 4.39 Å². The zero-order valence-electron chi connectivity index (χ0n) is 10.1. The molecule has 1 aromatic heterocycles. The van der Waals surface area contributed by atoms with E-state index in [2.05, 4.69) is 10.3 Å². The van der Waals surface area contributed by atoms with E-state index in [1.54, 1.807) is 18.5 Å². The van der Waals surface area contributed by atoms with E-state index in [1.165, 1.54) is 6.07 Å². The monoisotopic (exact) mass is 233 g/mol. The molecular weight excluding hydrogens is 217 g/mol. The van der Waals surface area contributed by atoms with Crippen molar-refractivity contribution in [1.29, 1.82) is 0 Å². The topological polar surface area (TPSA) is 29.9 Å². The van der Waals surface area contributed by atoms with Crippen molar-refractivity contribution >= 4 is 0 Å². The van der Waals surface area contributed by atoms with E-state index in [-0.39, 0.29) is 5.82 Å². The summed E-state index contributed by atoms with van der Waals surface area (Å²) in [5, 5.41) is 3.09. The van der Waals surface area contributed by atoms with Crippen molar-refractivity contribution in [3.05, 3.63) is 42.1 Å². The molecule has 1 aromatic carbocycles. The summed E-state index contributed by atoms with van der Waals surface area (Å²) in [5.41, 5.74) is 2.85. The van der Waals surface area contributed by atoms with Crippen LogP contribution in [0.15, 0.2) is 30.6 Å². The number of nitrogens with one attached hydrogen (secondary N) is 1. The Morgan fingerprint density at radius 2 is 2.24 bits per heavy atom. The second-order valence-corrected chi connectivity index (χ2v) is 4.01. The molecule has 0 aliphatic carbocycles. The van der Waals surface area contributed by atoms with Crippen LogP contribution in [0.5, 0.6) is 0 Å². The molecular formula is C13H16FN3. The highest BCUT2D eigenvalue weighted by Gasteiger charge is 2.11. The molecule has 0 aliphatic heterocycles. The number of benzene rings is 1. The van der Waals surface area contributed by atoms with Crippen LogP contribution < -0.4 is 5.32 Å². The van der Waals surface area contributed by atoms with Gasteiger partial charge in [-0.15, -0.1) is 0 Å². The second-order valence-electron chi connectivity index (χ2n) is 4.01. The molecule has 0 bridgehead atoms. The first-order chi connectivity index (χ1) is 8.22. The predicted octanol–water partition coefficient (Wildman–Crippen LogP) is 1.99. The molecule has 0 saturated carbocycles. The lowest BCUT2D eigenvalue weighted by atomic mass is 10.1. The first-order valence-electron chi connectivity index (χ1n) is 5.63. The van der Waals surface area contributed by atoms with Gasteiger partial charge in [-0.05, 0) is 19.2 Å². The van der Waals surface area contributed by atoms with Crippen molar-refractivity contribution in [1.82, 2.24) is 14.9 Å². The molecule has 0 atom stereocenters. The molecule has 0 spiro atoms. The van der Waals surface area contributed by atoms with Gasteiger partial charge in [0.25, 0.3) is 0 Å². The molecule has 0 fully saturated rings. The maximum absolute atomic E-state index is 13.2. The summed E-state index contributed by atoms with van der Waals surface area (Å²) in [6, 6.07) is 6.62. The number of nitrogens with zero attached hydrogens (tertiary/aromatic N) is 2. The Kier molecular flexibility index (Phi) is 3.54. The summed E-state index contributed by atoms with van der Waals surface area (Å²) in [4.78, 5) is 4.36. The first kappa shape index (κ1) is 11.8. The number of aryl methyl sites for hydroxylation is 1. The quantitative estimate of drug-likeness (QED) is 0.875. The minimum Gasteiger partial charge on any atom is -0.334 e. The summed E-state index contributed by atoms with van der Waals surface area (Å²) in [7, 11) is 3.83. The zero-order chi connectivity index (χ0) is 12.3. The van der Waals surface area contributed by atoms with Crippen LogP contribution in [0.3, 0.4) is 0 Å². The smallest absolute Gasteiger partial charge is 0.123 e. The van der Waals surface area contributed by atoms with Gasteiger partial charge in [0.05, 0.1) is 17.7 Å². The van der Waals surface area contributed by atoms with Crippen molar-refractivity contribution in [2.45, 2.75) is 6.42 Å². The van der Waals surface area contributed by atoms with E-state index in [0.29, 0.717) is 0 Å². The molecule has 0 amide bonds. The minimum atomic E-state index is -0.219. The van der Waals surface area contributed by atoms with E-state index in [9.17, 15) is 4.39 Å². The highest BCUT2D eigenvalue weighted by atomic mass is 19.1. The van der Waals surface area contributed by atoms with Crippen LogP contribution in [0.2, 0.25) is 0 Å². The van der Waals surface area contributed by atoms with Crippen LogP contribution in [0, 0.1) is 5.82 Å². The molecule has 1 N–H and O–H groups in total. The normalized spacial score (nSPS) is 10.8. The Bertz CT molecular complexity index is 505. The lowest BCUT2D eigenvalue weighted by Gasteiger charge is -2.06. The highest BCUT2D eigenvalue weighted by molar-refractivity contribution is 5.62. The van der Waals surface area contributed by atoms with E-state index in [4.69, 9.17) is 0 Å². The number of rotatable bonds is 4. The molecule has 2 rings (SSSR count). The SMILES string of the molecule is CNCCc1ncn(C)c1-c1cccc(F)c1. The van der Waals surface area contributed by atoms with E-state index in [0.717, 1.165) is 29.9 Å². The number of aromatic nitrogens is 2. The number of halogens is 1. The largest absolute Gasteiger partial charge is 0.334 e. The lowest BCUT2D eigenvalue weighted by molar-refractivity contribution is 0.628. The Balaban J connectivity index is 2.39. The van der Waals surface area contributed by atoms with Gasteiger partial charge >= 0.3 is 0 Å². The Labute approximate surface area is 100 Å². The standard InChI is InChI=1S/C13H16FN3/c1-15-7-6-12-13(17(2)9-16-12)10-4-3-5-11(14)8-10/h3-5,8-9,15H,6-7H2,1-2H3. The summed E-state index contributed by atoms with van der Waals surface area (Å²) in [6.07, 6.45) is 2.61. The molecule has 4 heteroatoms. The molecule has 2 aromatic rings. The maximum Gasteiger partial charge on any atom is 0.123 e. The van der Waals surface area contributed by atoms with Crippen LogP contribution >= 0.6 is 0 Å². The van der Waals surface area contributed by atoms with E-state index >= 15 is 0 Å². The molecule has 0 aliphatic rings. The molecule has 3 nitrogen and oxygen atoms in total. The fourth-order valence-corrected chi connectivity index (χ4v) is 1.91. The third-order valence-corrected chi connectivity index (χ3v) is 2.72. The van der Waals surface area contributed by atoms with E-state index in [1.807, 2.05) is 24.7 Å². The first-order valence-corrected chi connectivity index (χ1v) is 5.63. The third-order valence-electron chi connectivity index (χ3n) is 2.72. The van der Waals surface area contributed by atoms with Gasteiger partial charge < -0.3 is 9.88 Å². The van der Waals surface area contributed by atoms with Gasteiger partial charge in [0.1, 0.15) is 5.82 Å². The van der Waals surface area contributed by atoms with Gasteiger partial charge in [-0.3, -0.25) is 0 Å². The van der Waals surface area contributed by atoms with Gasteiger partial charge in [0.15, 0.2) is 0 Å². The van der Waals surface area contributed by atoms with Crippen LogP contribution in [-0.2, 0) is 13.5 Å². The van der Waals surface area contributed by atoms with E-state index < -0.39 is 0 Å². The summed E-state index contributed by atoms with van der Waals surface area (Å²) in [5.74, 6) is -0.219. The number of hydrogen-bond acceptors (Lipinski definition) is 2. The molecule has 90 valence electrons. The molecule has 17 heavy (non-hydrogen) atoms. The molecule has 0 saturated heterocycles. The maximum atomic E-state index is 13.2. The molecule has 1 heterocycles. The van der Waals surface area contributed by atoms with Crippen molar-refractivity contribution in [3.63, 3.8) is 0 Å². The predicted molar refractivity (Wildman–Crippen MR) is 66.2 cm³/mol. The lowest BCUT2D eigenvalue weighted by Crippen LogP contribution is -2.11. The van der Waals surface area contributed by atoms with Gasteiger partial charge in [0, 0.05) is 25.6 Å². The second kappa shape index (κ2) is 5.10. The highest BCUT2D eigenvalue weighted by Crippen LogP contribution is 2.23. The van der Waals surface area contributed by atoms with Crippen LogP contribution in [0.4, 0.5) is 4.39 Å². The summed E-state index contributed by atoms with van der Waals surface area (Å²) >= 11 is 0. The Hall–Kier alpha value is -1.68. The third kappa shape index (κ3) is 2.53. The van der Waals surface area contributed by atoms with Crippen molar-refractivity contribution in [3.8, 4) is 11.3 Å². The Morgan fingerprint density at radius 1 is 1.41 bits per heavy atom. The van der Waals surface area contributed by atoms with Gasteiger partial charge in [-0.1, -0.05) is 12.1 Å². The molecule has 0 unspecified atom stereocenters. The van der Waals surface area contributed by atoms with Crippen molar-refractivity contribution in [2.24, 2.45) is 7.05 Å². The molecule has 0 radical (unpaired) electrons. The van der Waals surface area contributed by atoms with Crippen molar-refractivity contribution in [2.75, 3.05) is 13.6 Å². The van der Waals surface area contributed by atoms with Crippen LogP contribution in [0.25, 0.3) is 11.3 Å². The number of likely N-dealkylation sites (N-methyl/N-ethyl adjacent to an activating group) is 1.